The van der Waals surface area contributed by atoms with Crippen LogP contribution in [0.25, 0.3) is 11.2 Å². The van der Waals surface area contributed by atoms with Gasteiger partial charge in [0.05, 0.1) is 5.52 Å². The van der Waals surface area contributed by atoms with Gasteiger partial charge in [0, 0.05) is 19.0 Å². The third kappa shape index (κ3) is 1.89. The summed E-state index contributed by atoms with van der Waals surface area (Å²) in [5.74, 6) is 2.48. The molecule has 0 amide bonds. The molecule has 5 nitrogen and oxygen atoms in total. The first-order chi connectivity index (χ1) is 9.15. The fourth-order valence-corrected chi connectivity index (χ4v) is 2.95. The van der Waals surface area contributed by atoms with Crippen LogP contribution in [0, 0.1) is 5.92 Å². The predicted octanol–water partition coefficient (Wildman–Crippen LogP) is 1.89. The Morgan fingerprint density at radius 2 is 2.16 bits per heavy atom. The number of anilines is 1. The third-order valence-electron chi connectivity index (χ3n) is 4.37. The standard InChI is InChI=1S/C14H21N5/c1-9(2)14(6-7-16-8-14)13-17-10-4-5-11(15-3)18-12(10)19-13/h4-5,9,16H,6-8H2,1-3H3,(H2,15,17,18,19). The highest BCUT2D eigenvalue weighted by molar-refractivity contribution is 5.73. The van der Waals surface area contributed by atoms with Crippen molar-refractivity contribution in [1.82, 2.24) is 20.3 Å². The minimum Gasteiger partial charge on any atom is -0.373 e. The molecule has 1 unspecified atom stereocenters. The number of pyridine rings is 1. The maximum Gasteiger partial charge on any atom is 0.179 e. The molecule has 0 radical (unpaired) electrons. The highest BCUT2D eigenvalue weighted by Gasteiger charge is 2.41. The zero-order valence-electron chi connectivity index (χ0n) is 11.7. The molecule has 1 aliphatic heterocycles. The maximum absolute atomic E-state index is 4.75. The zero-order valence-corrected chi connectivity index (χ0v) is 11.7. The molecular formula is C14H21N5. The summed E-state index contributed by atoms with van der Waals surface area (Å²) >= 11 is 0. The van der Waals surface area contributed by atoms with Crippen LogP contribution in [0.1, 0.15) is 26.1 Å². The highest BCUT2D eigenvalue weighted by Crippen LogP contribution is 2.36. The Morgan fingerprint density at radius 1 is 1.32 bits per heavy atom. The van der Waals surface area contributed by atoms with Crippen molar-refractivity contribution in [3.8, 4) is 0 Å². The summed E-state index contributed by atoms with van der Waals surface area (Å²) in [6, 6.07) is 4.01. The van der Waals surface area contributed by atoms with Gasteiger partial charge in [0.2, 0.25) is 0 Å². The minimum absolute atomic E-state index is 0.112. The molecule has 1 atom stereocenters. The van der Waals surface area contributed by atoms with Crippen LogP contribution >= 0.6 is 0 Å². The van der Waals surface area contributed by atoms with Gasteiger partial charge in [0.15, 0.2) is 5.65 Å². The van der Waals surface area contributed by atoms with Gasteiger partial charge in [-0.2, -0.15) is 0 Å². The molecule has 5 heteroatoms. The Hall–Kier alpha value is -1.62. The Morgan fingerprint density at radius 3 is 2.79 bits per heavy atom. The van der Waals surface area contributed by atoms with Crippen LogP contribution in [0.15, 0.2) is 12.1 Å². The normalized spacial score (nSPS) is 23.4. The number of fused-ring (bicyclic) bond motifs is 1. The number of nitrogens with zero attached hydrogens (tertiary/aromatic N) is 2. The molecule has 1 fully saturated rings. The number of H-pyrrole nitrogens is 1. The van der Waals surface area contributed by atoms with Gasteiger partial charge in [-0.1, -0.05) is 13.8 Å². The summed E-state index contributed by atoms with van der Waals surface area (Å²) in [7, 11) is 1.87. The lowest BCUT2D eigenvalue weighted by molar-refractivity contribution is 0.320. The first-order valence-electron chi connectivity index (χ1n) is 6.91. The molecule has 3 heterocycles. The van der Waals surface area contributed by atoms with E-state index in [1.165, 1.54) is 0 Å². The average molecular weight is 259 g/mol. The van der Waals surface area contributed by atoms with Gasteiger partial charge in [0.25, 0.3) is 0 Å². The fourth-order valence-electron chi connectivity index (χ4n) is 2.95. The molecule has 3 N–H and O–H groups in total. The predicted molar refractivity (Wildman–Crippen MR) is 77.4 cm³/mol. The van der Waals surface area contributed by atoms with Gasteiger partial charge < -0.3 is 15.6 Å². The second-order valence-electron chi connectivity index (χ2n) is 5.64. The van der Waals surface area contributed by atoms with Gasteiger partial charge in [-0.25, -0.2) is 9.97 Å². The van der Waals surface area contributed by atoms with E-state index in [0.29, 0.717) is 5.92 Å². The van der Waals surface area contributed by atoms with Crippen LogP contribution in [0.5, 0.6) is 0 Å². The number of aromatic nitrogens is 3. The smallest absolute Gasteiger partial charge is 0.179 e. The molecule has 0 spiro atoms. The number of imidazole rings is 1. The molecule has 2 aromatic rings. The number of hydrogen-bond acceptors (Lipinski definition) is 4. The van der Waals surface area contributed by atoms with Gasteiger partial charge in [-0.15, -0.1) is 0 Å². The summed E-state index contributed by atoms with van der Waals surface area (Å²) in [5, 5.41) is 6.52. The first kappa shape index (κ1) is 12.4. The number of hydrogen-bond donors (Lipinski definition) is 3. The Labute approximate surface area is 113 Å². The van der Waals surface area contributed by atoms with E-state index in [0.717, 1.165) is 42.3 Å². The van der Waals surface area contributed by atoms with Crippen LogP contribution in [0.3, 0.4) is 0 Å². The summed E-state index contributed by atoms with van der Waals surface area (Å²) < 4.78 is 0. The number of rotatable bonds is 3. The SMILES string of the molecule is CNc1ccc2[nH]c(C3(C(C)C)CCNC3)nc2n1. The first-order valence-corrected chi connectivity index (χ1v) is 6.91. The quantitative estimate of drug-likeness (QED) is 0.787. The Bertz CT molecular complexity index is 581. The molecule has 3 rings (SSSR count). The summed E-state index contributed by atoms with van der Waals surface area (Å²) in [4.78, 5) is 12.7. The lowest BCUT2D eigenvalue weighted by atomic mass is 9.76. The van der Waals surface area contributed by atoms with Crippen molar-refractivity contribution >= 4 is 17.0 Å². The lowest BCUT2D eigenvalue weighted by Crippen LogP contribution is -2.35. The minimum atomic E-state index is 0.112. The topological polar surface area (TPSA) is 65.6 Å². The van der Waals surface area contributed by atoms with E-state index in [-0.39, 0.29) is 5.41 Å². The van der Waals surface area contributed by atoms with E-state index in [2.05, 4.69) is 34.4 Å². The molecule has 2 aromatic heterocycles. The second kappa shape index (κ2) is 4.49. The summed E-state index contributed by atoms with van der Waals surface area (Å²) in [6.45, 7) is 6.59. The molecule has 0 bridgehead atoms. The Kier molecular flexibility index (Phi) is 2.93. The molecule has 0 aliphatic carbocycles. The highest BCUT2D eigenvalue weighted by atomic mass is 15.1. The number of nitrogens with one attached hydrogen (secondary N) is 3. The van der Waals surface area contributed by atoms with Crippen LogP contribution < -0.4 is 10.6 Å². The Balaban J connectivity index is 2.09. The molecule has 19 heavy (non-hydrogen) atoms. The van der Waals surface area contributed by atoms with Crippen molar-refractivity contribution in [3.63, 3.8) is 0 Å². The van der Waals surface area contributed by atoms with Crippen molar-refractivity contribution in [2.24, 2.45) is 5.92 Å². The summed E-state index contributed by atoms with van der Waals surface area (Å²) in [5.41, 5.74) is 1.93. The molecule has 0 aromatic carbocycles. The van der Waals surface area contributed by atoms with Crippen LogP contribution in [0.2, 0.25) is 0 Å². The maximum atomic E-state index is 4.75. The third-order valence-corrected chi connectivity index (χ3v) is 4.37. The zero-order chi connectivity index (χ0) is 13.5. The van der Waals surface area contributed by atoms with E-state index in [1.807, 2.05) is 19.2 Å². The molecule has 102 valence electrons. The lowest BCUT2D eigenvalue weighted by Gasteiger charge is -2.30. The molecular weight excluding hydrogens is 238 g/mol. The van der Waals surface area contributed by atoms with Crippen molar-refractivity contribution < 1.29 is 0 Å². The van der Waals surface area contributed by atoms with Gasteiger partial charge in [-0.05, 0) is 31.0 Å². The molecule has 1 saturated heterocycles. The van der Waals surface area contributed by atoms with Crippen LogP contribution in [-0.4, -0.2) is 35.1 Å². The van der Waals surface area contributed by atoms with Crippen molar-refractivity contribution in [2.75, 3.05) is 25.5 Å². The van der Waals surface area contributed by atoms with Crippen LogP contribution in [-0.2, 0) is 5.41 Å². The van der Waals surface area contributed by atoms with E-state index >= 15 is 0 Å². The van der Waals surface area contributed by atoms with Crippen LogP contribution in [0.4, 0.5) is 5.82 Å². The average Bonchev–Trinajstić information content (AvgIpc) is 3.04. The van der Waals surface area contributed by atoms with E-state index < -0.39 is 0 Å². The van der Waals surface area contributed by atoms with Crippen molar-refractivity contribution in [1.29, 1.82) is 0 Å². The van der Waals surface area contributed by atoms with Crippen molar-refractivity contribution in [2.45, 2.75) is 25.7 Å². The number of aromatic amines is 1. The largest absolute Gasteiger partial charge is 0.373 e. The van der Waals surface area contributed by atoms with E-state index in [9.17, 15) is 0 Å². The summed E-state index contributed by atoms with van der Waals surface area (Å²) in [6.07, 6.45) is 1.13. The van der Waals surface area contributed by atoms with E-state index in [1.54, 1.807) is 0 Å². The monoisotopic (exact) mass is 259 g/mol. The molecule has 1 aliphatic rings. The van der Waals surface area contributed by atoms with E-state index in [4.69, 9.17) is 4.98 Å². The van der Waals surface area contributed by atoms with Gasteiger partial charge in [0.1, 0.15) is 11.6 Å². The fraction of sp³-hybridized carbons (Fsp3) is 0.571. The van der Waals surface area contributed by atoms with Gasteiger partial charge >= 0.3 is 0 Å². The van der Waals surface area contributed by atoms with Gasteiger partial charge in [-0.3, -0.25) is 0 Å². The molecule has 0 saturated carbocycles. The second-order valence-corrected chi connectivity index (χ2v) is 5.64. The van der Waals surface area contributed by atoms with Crippen molar-refractivity contribution in [3.05, 3.63) is 18.0 Å².